The Balaban J connectivity index is 2.03. The van der Waals surface area contributed by atoms with Gasteiger partial charge in [-0.2, -0.15) is 0 Å². The van der Waals surface area contributed by atoms with Crippen molar-refractivity contribution in [3.05, 3.63) is 29.6 Å². The average Bonchev–Trinajstić information content (AvgIpc) is 2.52. The van der Waals surface area contributed by atoms with Crippen LogP contribution in [0, 0.1) is 5.82 Å². The minimum Gasteiger partial charge on any atom is -0.493 e. The highest BCUT2D eigenvalue weighted by Crippen LogP contribution is 2.17. The Bertz CT molecular complexity index is 460. The van der Waals surface area contributed by atoms with Gasteiger partial charge in [-0.3, -0.25) is 0 Å². The molecule has 4 heteroatoms. The average molecular weight is 324 g/mol. The molecule has 0 bridgehead atoms. The summed E-state index contributed by atoms with van der Waals surface area (Å²) in [6.45, 7) is 2.78. The van der Waals surface area contributed by atoms with E-state index < -0.39 is 11.8 Å². The monoisotopic (exact) mass is 324 g/mol. The van der Waals surface area contributed by atoms with Gasteiger partial charge in [0.05, 0.1) is 12.2 Å². The first-order valence-electron chi connectivity index (χ1n) is 8.80. The molecule has 1 N–H and O–H groups in total. The first-order chi connectivity index (χ1) is 11.1. The van der Waals surface area contributed by atoms with Gasteiger partial charge >= 0.3 is 5.97 Å². The number of unbranched alkanes of at least 4 members (excludes halogenated alkanes) is 9. The summed E-state index contributed by atoms with van der Waals surface area (Å²) in [6, 6.07) is 3.88. The van der Waals surface area contributed by atoms with Crippen molar-refractivity contribution in [2.24, 2.45) is 0 Å². The Labute approximate surface area is 138 Å². The minimum absolute atomic E-state index is 0.323. The summed E-state index contributed by atoms with van der Waals surface area (Å²) in [5.41, 5.74) is -0.323. The van der Waals surface area contributed by atoms with Crippen molar-refractivity contribution >= 4 is 5.97 Å². The molecule has 0 unspecified atom stereocenters. The second-order valence-electron chi connectivity index (χ2n) is 5.98. The number of hydrogen-bond acceptors (Lipinski definition) is 2. The van der Waals surface area contributed by atoms with E-state index in [0.29, 0.717) is 12.4 Å². The number of rotatable bonds is 13. The van der Waals surface area contributed by atoms with Crippen molar-refractivity contribution in [3.8, 4) is 5.75 Å². The number of hydrogen-bond donors (Lipinski definition) is 1. The fourth-order valence-corrected chi connectivity index (χ4v) is 2.54. The number of carboxylic acids is 1. The Morgan fingerprint density at radius 2 is 1.57 bits per heavy atom. The lowest BCUT2D eigenvalue weighted by molar-refractivity contribution is 0.0692. The molecule has 0 saturated carbocycles. The fourth-order valence-electron chi connectivity index (χ4n) is 2.54. The van der Waals surface area contributed by atoms with Crippen LogP contribution in [0.2, 0.25) is 0 Å². The third-order valence-electron chi connectivity index (χ3n) is 3.94. The Hall–Kier alpha value is -1.58. The van der Waals surface area contributed by atoms with Crippen LogP contribution in [0.4, 0.5) is 4.39 Å². The highest BCUT2D eigenvalue weighted by atomic mass is 19.1. The van der Waals surface area contributed by atoms with E-state index in [1.807, 2.05) is 0 Å². The van der Waals surface area contributed by atoms with Crippen LogP contribution in [0.3, 0.4) is 0 Å². The lowest BCUT2D eigenvalue weighted by Crippen LogP contribution is -2.02. The van der Waals surface area contributed by atoms with Gasteiger partial charge in [-0.25, -0.2) is 9.18 Å². The van der Waals surface area contributed by atoms with Crippen LogP contribution in [0.15, 0.2) is 18.2 Å². The van der Waals surface area contributed by atoms with Gasteiger partial charge in [-0.1, -0.05) is 64.7 Å². The Morgan fingerprint density at radius 3 is 2.09 bits per heavy atom. The van der Waals surface area contributed by atoms with Crippen molar-refractivity contribution in [1.82, 2.24) is 0 Å². The zero-order chi connectivity index (χ0) is 16.9. The van der Waals surface area contributed by atoms with Crippen LogP contribution in [0.1, 0.15) is 81.5 Å². The zero-order valence-electron chi connectivity index (χ0n) is 14.2. The van der Waals surface area contributed by atoms with Gasteiger partial charge < -0.3 is 9.84 Å². The molecule has 0 radical (unpaired) electrons. The third-order valence-corrected chi connectivity index (χ3v) is 3.94. The maximum Gasteiger partial charge on any atom is 0.338 e. The van der Waals surface area contributed by atoms with Crippen LogP contribution in [0.25, 0.3) is 0 Å². The first-order valence-corrected chi connectivity index (χ1v) is 8.80. The van der Waals surface area contributed by atoms with Crippen LogP contribution in [-0.2, 0) is 0 Å². The smallest absolute Gasteiger partial charge is 0.338 e. The highest BCUT2D eigenvalue weighted by molar-refractivity contribution is 5.88. The van der Waals surface area contributed by atoms with Gasteiger partial charge in [0.1, 0.15) is 11.6 Å². The molecule has 0 fully saturated rings. The lowest BCUT2D eigenvalue weighted by Gasteiger charge is -2.07. The molecule has 0 amide bonds. The molecule has 0 saturated heterocycles. The van der Waals surface area contributed by atoms with Crippen LogP contribution in [-0.4, -0.2) is 17.7 Å². The molecule has 1 aromatic carbocycles. The Morgan fingerprint density at radius 1 is 1.00 bits per heavy atom. The predicted octanol–water partition coefficient (Wildman–Crippen LogP) is 5.82. The summed E-state index contributed by atoms with van der Waals surface area (Å²) in [6.07, 6.45) is 12.6. The van der Waals surface area contributed by atoms with E-state index in [4.69, 9.17) is 9.84 Å². The topological polar surface area (TPSA) is 46.5 Å². The molecule has 0 aliphatic heterocycles. The first kappa shape index (κ1) is 19.5. The molecule has 0 aromatic heterocycles. The number of aromatic carboxylic acids is 1. The van der Waals surface area contributed by atoms with Gasteiger partial charge in [0.25, 0.3) is 0 Å². The summed E-state index contributed by atoms with van der Waals surface area (Å²) in [4.78, 5) is 10.7. The Kier molecular flexibility index (Phi) is 10.1. The van der Waals surface area contributed by atoms with Crippen molar-refractivity contribution in [2.45, 2.75) is 71.1 Å². The van der Waals surface area contributed by atoms with E-state index in [9.17, 15) is 9.18 Å². The molecule has 0 spiro atoms. The molecule has 1 aromatic rings. The molecule has 23 heavy (non-hydrogen) atoms. The predicted molar refractivity (Wildman–Crippen MR) is 90.7 cm³/mol. The molecule has 0 aliphatic rings. The van der Waals surface area contributed by atoms with Gasteiger partial charge in [0.15, 0.2) is 0 Å². The van der Waals surface area contributed by atoms with E-state index in [1.54, 1.807) is 0 Å². The van der Waals surface area contributed by atoms with Crippen molar-refractivity contribution in [2.75, 3.05) is 6.61 Å². The minimum atomic E-state index is -1.26. The van der Waals surface area contributed by atoms with Gasteiger partial charge in [-0.15, -0.1) is 0 Å². The maximum absolute atomic E-state index is 13.5. The van der Waals surface area contributed by atoms with Gasteiger partial charge in [-0.05, 0) is 18.6 Å². The summed E-state index contributed by atoms with van der Waals surface area (Å²) < 4.78 is 18.9. The second-order valence-corrected chi connectivity index (χ2v) is 5.98. The third kappa shape index (κ3) is 8.58. The molecular formula is C19H29FO3. The zero-order valence-corrected chi connectivity index (χ0v) is 14.2. The molecule has 1 rings (SSSR count). The van der Waals surface area contributed by atoms with E-state index in [1.165, 1.54) is 63.5 Å². The quantitative estimate of drug-likeness (QED) is 0.465. The normalized spacial score (nSPS) is 10.7. The van der Waals surface area contributed by atoms with Crippen molar-refractivity contribution in [1.29, 1.82) is 0 Å². The SMILES string of the molecule is CCCCCCCCCCCCOc1ccc(C(=O)O)c(F)c1. The summed E-state index contributed by atoms with van der Waals surface area (Å²) in [7, 11) is 0. The van der Waals surface area contributed by atoms with E-state index in [2.05, 4.69) is 6.92 Å². The lowest BCUT2D eigenvalue weighted by atomic mass is 10.1. The fraction of sp³-hybridized carbons (Fsp3) is 0.632. The number of carboxylic acid groups (broad SMARTS) is 1. The maximum atomic E-state index is 13.5. The van der Waals surface area contributed by atoms with Gasteiger partial charge in [0, 0.05) is 6.07 Å². The number of carbonyl (C=O) groups is 1. The molecule has 0 aliphatic carbocycles. The summed E-state index contributed by atoms with van der Waals surface area (Å²) in [5.74, 6) is -1.62. The van der Waals surface area contributed by atoms with Crippen LogP contribution in [0.5, 0.6) is 5.75 Å². The second kappa shape index (κ2) is 11.9. The standard InChI is InChI=1S/C19H29FO3/c1-2-3-4-5-6-7-8-9-10-11-14-23-16-12-13-17(19(21)22)18(20)15-16/h12-13,15H,2-11,14H2,1H3,(H,21,22). The van der Waals surface area contributed by atoms with E-state index >= 15 is 0 Å². The summed E-state index contributed by atoms with van der Waals surface area (Å²) in [5, 5.41) is 8.75. The van der Waals surface area contributed by atoms with Crippen LogP contribution < -0.4 is 4.74 Å². The molecule has 130 valence electrons. The van der Waals surface area contributed by atoms with Crippen molar-refractivity contribution < 1.29 is 19.0 Å². The number of halogens is 1. The molecule has 0 atom stereocenters. The molecular weight excluding hydrogens is 295 g/mol. The van der Waals surface area contributed by atoms with Gasteiger partial charge in [0.2, 0.25) is 0 Å². The highest BCUT2D eigenvalue weighted by Gasteiger charge is 2.10. The summed E-state index contributed by atoms with van der Waals surface area (Å²) >= 11 is 0. The molecule has 3 nitrogen and oxygen atoms in total. The number of benzene rings is 1. The molecule has 0 heterocycles. The van der Waals surface area contributed by atoms with E-state index in [0.717, 1.165) is 18.9 Å². The largest absolute Gasteiger partial charge is 0.493 e. The van der Waals surface area contributed by atoms with E-state index in [-0.39, 0.29) is 5.56 Å². The van der Waals surface area contributed by atoms with Crippen LogP contribution >= 0.6 is 0 Å². The van der Waals surface area contributed by atoms with Crippen molar-refractivity contribution in [3.63, 3.8) is 0 Å². The number of ether oxygens (including phenoxy) is 1.